The third kappa shape index (κ3) is 2.92. The van der Waals surface area contributed by atoms with Crippen molar-refractivity contribution in [1.29, 1.82) is 0 Å². The van der Waals surface area contributed by atoms with Gasteiger partial charge in [0, 0.05) is 12.5 Å². The van der Waals surface area contributed by atoms with Crippen molar-refractivity contribution < 1.29 is 14.6 Å². The maximum absolute atomic E-state index is 10.4. The number of aliphatic carboxylic acids is 1. The number of hydrogen-bond acceptors (Lipinski definition) is 6. The van der Waals surface area contributed by atoms with Crippen molar-refractivity contribution in [1.82, 2.24) is 20.2 Å². The van der Waals surface area contributed by atoms with Gasteiger partial charge in [0.15, 0.2) is 0 Å². The fourth-order valence-electron chi connectivity index (χ4n) is 1.51. The van der Waals surface area contributed by atoms with Crippen LogP contribution in [-0.4, -0.2) is 50.2 Å². The molecule has 1 aromatic heterocycles. The second-order valence-corrected chi connectivity index (χ2v) is 4.50. The first-order valence-electron chi connectivity index (χ1n) is 4.94. The molecule has 1 aliphatic rings. The summed E-state index contributed by atoms with van der Waals surface area (Å²) < 4.78 is 6.91. The first kappa shape index (κ1) is 11.3. The molecule has 0 bridgehead atoms. The van der Waals surface area contributed by atoms with Crippen LogP contribution >= 0.6 is 11.8 Å². The van der Waals surface area contributed by atoms with Gasteiger partial charge in [-0.1, -0.05) is 11.8 Å². The molecular formula is C8H12N4O3S. The van der Waals surface area contributed by atoms with Crippen molar-refractivity contribution in [3.63, 3.8) is 0 Å². The van der Waals surface area contributed by atoms with Crippen molar-refractivity contribution in [2.24, 2.45) is 5.92 Å². The van der Waals surface area contributed by atoms with E-state index in [-0.39, 0.29) is 5.75 Å². The summed E-state index contributed by atoms with van der Waals surface area (Å²) >= 11 is 1.13. The smallest absolute Gasteiger partial charge is 0.313 e. The lowest BCUT2D eigenvalue weighted by Crippen LogP contribution is -2.13. The number of aromatic nitrogens is 4. The molecule has 0 saturated carbocycles. The first-order chi connectivity index (χ1) is 7.75. The molecule has 1 aromatic rings. The van der Waals surface area contributed by atoms with E-state index >= 15 is 0 Å². The van der Waals surface area contributed by atoms with Gasteiger partial charge in [-0.25, -0.2) is 4.68 Å². The molecule has 7 nitrogen and oxygen atoms in total. The Hall–Kier alpha value is -1.15. The van der Waals surface area contributed by atoms with Gasteiger partial charge in [-0.2, -0.15) is 0 Å². The Morgan fingerprint density at radius 1 is 1.69 bits per heavy atom. The molecule has 88 valence electrons. The predicted molar refractivity (Wildman–Crippen MR) is 55.1 cm³/mol. The predicted octanol–water partition coefficient (Wildman–Crippen LogP) is -0.114. The van der Waals surface area contributed by atoms with Gasteiger partial charge >= 0.3 is 5.97 Å². The second-order valence-electron chi connectivity index (χ2n) is 3.56. The highest BCUT2D eigenvalue weighted by Crippen LogP contribution is 2.18. The molecule has 0 aromatic carbocycles. The monoisotopic (exact) mass is 244 g/mol. The topological polar surface area (TPSA) is 90.1 Å². The zero-order valence-corrected chi connectivity index (χ0v) is 9.39. The third-order valence-electron chi connectivity index (χ3n) is 2.28. The van der Waals surface area contributed by atoms with E-state index < -0.39 is 5.97 Å². The van der Waals surface area contributed by atoms with Gasteiger partial charge in [0.1, 0.15) is 0 Å². The minimum Gasteiger partial charge on any atom is -0.481 e. The molecule has 8 heteroatoms. The van der Waals surface area contributed by atoms with Crippen LogP contribution in [0.3, 0.4) is 0 Å². The number of nitrogens with zero attached hydrogens (tertiary/aromatic N) is 4. The average molecular weight is 244 g/mol. The van der Waals surface area contributed by atoms with Gasteiger partial charge in [-0.15, -0.1) is 5.10 Å². The van der Waals surface area contributed by atoms with E-state index in [1.165, 1.54) is 0 Å². The van der Waals surface area contributed by atoms with E-state index in [0.29, 0.717) is 17.6 Å². The highest BCUT2D eigenvalue weighted by Gasteiger charge is 2.19. The summed E-state index contributed by atoms with van der Waals surface area (Å²) in [6, 6.07) is 0. The molecule has 1 atom stereocenters. The third-order valence-corrected chi connectivity index (χ3v) is 3.22. The molecule has 0 amide bonds. The van der Waals surface area contributed by atoms with Crippen LogP contribution in [0.25, 0.3) is 0 Å². The molecule has 0 radical (unpaired) electrons. The fourth-order valence-corrected chi connectivity index (χ4v) is 2.12. The summed E-state index contributed by atoms with van der Waals surface area (Å²) in [4.78, 5) is 10.4. The lowest BCUT2D eigenvalue weighted by atomic mass is 10.1. The Balaban J connectivity index is 1.92. The van der Waals surface area contributed by atoms with Gasteiger partial charge < -0.3 is 9.84 Å². The minimum atomic E-state index is -0.872. The van der Waals surface area contributed by atoms with E-state index in [9.17, 15) is 4.79 Å². The molecule has 1 unspecified atom stereocenters. The maximum Gasteiger partial charge on any atom is 0.313 e. The lowest BCUT2D eigenvalue weighted by molar-refractivity contribution is -0.133. The number of thioether (sulfide) groups is 1. The van der Waals surface area contributed by atoms with Gasteiger partial charge in [0.2, 0.25) is 5.16 Å². The Labute approximate surface area is 96.2 Å². The summed E-state index contributed by atoms with van der Waals surface area (Å²) in [5, 5.41) is 20.3. The number of carbonyl (C=O) groups is 1. The number of ether oxygens (including phenoxy) is 1. The zero-order chi connectivity index (χ0) is 11.4. The fraction of sp³-hybridized carbons (Fsp3) is 0.750. The van der Waals surface area contributed by atoms with Crippen molar-refractivity contribution in [3.05, 3.63) is 0 Å². The van der Waals surface area contributed by atoms with Crippen molar-refractivity contribution in [2.45, 2.75) is 18.1 Å². The summed E-state index contributed by atoms with van der Waals surface area (Å²) in [7, 11) is 0. The lowest BCUT2D eigenvalue weighted by Gasteiger charge is -2.07. The van der Waals surface area contributed by atoms with Gasteiger partial charge in [0.25, 0.3) is 0 Å². The van der Waals surface area contributed by atoms with Crippen LogP contribution in [-0.2, 0) is 16.1 Å². The molecule has 2 heterocycles. The van der Waals surface area contributed by atoms with E-state index in [0.717, 1.165) is 31.4 Å². The van der Waals surface area contributed by atoms with Crippen LogP contribution in [0.15, 0.2) is 5.16 Å². The summed E-state index contributed by atoms with van der Waals surface area (Å²) in [5.41, 5.74) is 0. The second kappa shape index (κ2) is 5.26. The number of hydrogen-bond donors (Lipinski definition) is 1. The molecule has 1 aliphatic heterocycles. The Morgan fingerprint density at radius 2 is 2.56 bits per heavy atom. The Kier molecular flexibility index (Phi) is 3.73. The summed E-state index contributed by atoms with van der Waals surface area (Å²) in [6.07, 6.45) is 1.00. The quantitative estimate of drug-likeness (QED) is 0.722. The van der Waals surface area contributed by atoms with E-state index in [2.05, 4.69) is 15.5 Å². The highest BCUT2D eigenvalue weighted by molar-refractivity contribution is 7.99. The Morgan fingerprint density at radius 3 is 3.25 bits per heavy atom. The molecular weight excluding hydrogens is 232 g/mol. The largest absolute Gasteiger partial charge is 0.481 e. The van der Waals surface area contributed by atoms with Crippen LogP contribution in [0, 0.1) is 5.92 Å². The van der Waals surface area contributed by atoms with E-state index in [4.69, 9.17) is 9.84 Å². The minimum absolute atomic E-state index is 0.0263. The molecule has 0 aliphatic carbocycles. The number of tetrazole rings is 1. The number of carboxylic acid groups (broad SMARTS) is 1. The first-order valence-corrected chi connectivity index (χ1v) is 5.93. The normalized spacial score (nSPS) is 20.1. The van der Waals surface area contributed by atoms with Crippen molar-refractivity contribution in [2.75, 3.05) is 19.0 Å². The summed E-state index contributed by atoms with van der Waals surface area (Å²) in [6.45, 7) is 2.20. The molecule has 1 fully saturated rings. The van der Waals surface area contributed by atoms with E-state index in [1.54, 1.807) is 4.68 Å². The molecule has 1 saturated heterocycles. The summed E-state index contributed by atoms with van der Waals surface area (Å²) in [5.74, 6) is -0.474. The molecule has 2 rings (SSSR count). The highest BCUT2D eigenvalue weighted by atomic mass is 32.2. The molecule has 1 N–H and O–H groups in total. The van der Waals surface area contributed by atoms with Crippen molar-refractivity contribution >= 4 is 17.7 Å². The van der Waals surface area contributed by atoms with E-state index in [1.807, 2.05) is 0 Å². The van der Waals surface area contributed by atoms with Gasteiger partial charge in [-0.05, 0) is 16.8 Å². The molecule has 0 spiro atoms. The standard InChI is InChI=1S/C8H12N4O3S/c13-7(14)5-16-8-9-10-11-12(8)3-6-1-2-15-4-6/h6H,1-5H2,(H,13,14). The number of rotatable bonds is 5. The van der Waals surface area contributed by atoms with Crippen molar-refractivity contribution in [3.8, 4) is 0 Å². The van der Waals surface area contributed by atoms with Crippen LogP contribution in [0.5, 0.6) is 0 Å². The van der Waals surface area contributed by atoms with Gasteiger partial charge in [-0.3, -0.25) is 4.79 Å². The SMILES string of the molecule is O=C(O)CSc1nnnn1CC1CCOC1. The Bertz CT molecular complexity index is 364. The van der Waals surface area contributed by atoms with Crippen LogP contribution in [0.4, 0.5) is 0 Å². The zero-order valence-electron chi connectivity index (χ0n) is 8.57. The van der Waals surface area contributed by atoms with Crippen LogP contribution in [0.2, 0.25) is 0 Å². The molecule has 16 heavy (non-hydrogen) atoms. The van der Waals surface area contributed by atoms with Gasteiger partial charge in [0.05, 0.1) is 18.9 Å². The van der Waals surface area contributed by atoms with Crippen LogP contribution < -0.4 is 0 Å². The van der Waals surface area contributed by atoms with Crippen LogP contribution in [0.1, 0.15) is 6.42 Å². The maximum atomic E-state index is 10.4. The number of carboxylic acids is 1. The average Bonchev–Trinajstić information content (AvgIpc) is 2.87.